The topological polar surface area (TPSA) is 73.6 Å². The third-order valence-corrected chi connectivity index (χ3v) is 4.69. The number of carbonyl (C=O) groups is 1. The molecule has 1 aliphatic heterocycles. The normalized spacial score (nSPS) is 23.3. The lowest BCUT2D eigenvalue weighted by Crippen LogP contribution is -2.41. The first kappa shape index (κ1) is 18.3. The van der Waals surface area contributed by atoms with Gasteiger partial charge in [-0.15, -0.1) is 0 Å². The van der Waals surface area contributed by atoms with Crippen molar-refractivity contribution < 1.29 is 14.3 Å². The zero-order valence-electron chi connectivity index (χ0n) is 13.2. The number of carbonyl (C=O) groups excluding carboxylic acids is 1. The van der Waals surface area contributed by atoms with E-state index in [1.807, 2.05) is 19.9 Å². The van der Waals surface area contributed by atoms with E-state index in [1.54, 1.807) is 12.1 Å². The monoisotopic (exact) mass is 360 g/mol. The quantitative estimate of drug-likeness (QED) is 0.862. The molecule has 2 rings (SSSR count). The van der Waals surface area contributed by atoms with Crippen molar-refractivity contribution >= 4 is 29.3 Å². The van der Waals surface area contributed by atoms with Crippen LogP contribution in [0.2, 0.25) is 10.0 Å². The van der Waals surface area contributed by atoms with Crippen molar-refractivity contribution in [3.8, 4) is 0 Å². The number of halogens is 2. The molecule has 0 saturated carbocycles. The number of ether oxygens (including phenoxy) is 2. The standard InChI is InChI=1S/C16H22Cl2N2O3/c1-9(2)14(23-16(19)21)11-8-20-5-6-22-15(11)10-3-4-12(17)13(18)7-10/h3-4,7,9,11,14-15,20H,5-6,8H2,1-2H3,(H2,19,21)/t11-,14?,15-/m0/s1. The SMILES string of the molecule is CC(C)C(OC(N)=O)[C@@H]1CNCCO[C@H]1c1ccc(Cl)c(Cl)c1. The smallest absolute Gasteiger partial charge is 0.404 e. The number of hydrogen-bond donors (Lipinski definition) is 2. The first-order valence-corrected chi connectivity index (χ1v) is 8.39. The zero-order valence-corrected chi connectivity index (χ0v) is 14.7. The Balaban J connectivity index is 2.34. The summed E-state index contributed by atoms with van der Waals surface area (Å²) in [6.45, 7) is 5.92. The van der Waals surface area contributed by atoms with Crippen molar-refractivity contribution in [3.63, 3.8) is 0 Å². The molecule has 0 aromatic heterocycles. The number of primary amides is 1. The Morgan fingerprint density at radius 2 is 2.13 bits per heavy atom. The molecule has 128 valence electrons. The minimum atomic E-state index is -0.777. The van der Waals surface area contributed by atoms with Crippen molar-refractivity contribution in [1.82, 2.24) is 5.32 Å². The molecule has 1 aromatic carbocycles. The molecule has 1 amide bonds. The third kappa shape index (κ3) is 4.73. The summed E-state index contributed by atoms with van der Waals surface area (Å²) in [5, 5.41) is 4.28. The maximum atomic E-state index is 11.3. The zero-order chi connectivity index (χ0) is 17.0. The van der Waals surface area contributed by atoms with Crippen LogP contribution >= 0.6 is 23.2 Å². The number of benzene rings is 1. The summed E-state index contributed by atoms with van der Waals surface area (Å²) in [4.78, 5) is 11.3. The summed E-state index contributed by atoms with van der Waals surface area (Å²) < 4.78 is 11.4. The summed E-state index contributed by atoms with van der Waals surface area (Å²) >= 11 is 12.1. The maximum Gasteiger partial charge on any atom is 0.404 e. The first-order valence-electron chi connectivity index (χ1n) is 7.63. The molecule has 3 atom stereocenters. The highest BCUT2D eigenvalue weighted by atomic mass is 35.5. The molecule has 1 unspecified atom stereocenters. The minimum absolute atomic E-state index is 0.0813. The molecular weight excluding hydrogens is 339 g/mol. The van der Waals surface area contributed by atoms with E-state index in [2.05, 4.69) is 5.32 Å². The van der Waals surface area contributed by atoms with Crippen molar-refractivity contribution in [2.45, 2.75) is 26.1 Å². The molecule has 0 aliphatic carbocycles. The molecule has 1 aromatic rings. The Morgan fingerprint density at radius 3 is 2.74 bits per heavy atom. The van der Waals surface area contributed by atoms with Gasteiger partial charge in [-0.25, -0.2) is 4.79 Å². The molecule has 0 bridgehead atoms. The molecule has 1 heterocycles. The highest BCUT2D eigenvalue weighted by Crippen LogP contribution is 2.36. The molecule has 7 heteroatoms. The van der Waals surface area contributed by atoms with Gasteiger partial charge in [0, 0.05) is 19.0 Å². The van der Waals surface area contributed by atoms with Crippen molar-refractivity contribution in [2.24, 2.45) is 17.6 Å². The van der Waals surface area contributed by atoms with E-state index in [1.165, 1.54) is 0 Å². The van der Waals surface area contributed by atoms with Crippen LogP contribution in [0.3, 0.4) is 0 Å². The Kier molecular flexibility index (Phi) is 6.53. The number of nitrogens with two attached hydrogens (primary N) is 1. The molecule has 5 nitrogen and oxygen atoms in total. The summed E-state index contributed by atoms with van der Waals surface area (Å²) in [7, 11) is 0. The number of hydrogen-bond acceptors (Lipinski definition) is 4. The third-order valence-electron chi connectivity index (χ3n) is 3.95. The Morgan fingerprint density at radius 1 is 1.39 bits per heavy atom. The first-order chi connectivity index (χ1) is 10.9. The average molecular weight is 361 g/mol. The van der Waals surface area contributed by atoms with Gasteiger partial charge < -0.3 is 20.5 Å². The van der Waals surface area contributed by atoms with Gasteiger partial charge in [0.05, 0.1) is 22.8 Å². The fourth-order valence-electron chi connectivity index (χ4n) is 2.93. The van der Waals surface area contributed by atoms with Crippen LogP contribution < -0.4 is 11.1 Å². The highest BCUT2D eigenvalue weighted by Gasteiger charge is 2.36. The lowest BCUT2D eigenvalue weighted by atomic mass is 9.85. The van der Waals surface area contributed by atoms with Crippen LogP contribution in [0, 0.1) is 11.8 Å². The predicted molar refractivity (Wildman–Crippen MR) is 90.8 cm³/mol. The summed E-state index contributed by atoms with van der Waals surface area (Å²) in [6.07, 6.45) is -1.40. The van der Waals surface area contributed by atoms with E-state index in [-0.39, 0.29) is 24.0 Å². The number of amides is 1. The van der Waals surface area contributed by atoms with E-state index in [9.17, 15) is 4.79 Å². The fraction of sp³-hybridized carbons (Fsp3) is 0.562. The second-order valence-corrected chi connectivity index (χ2v) is 6.79. The van der Waals surface area contributed by atoms with Gasteiger partial charge in [-0.05, 0) is 23.6 Å². The van der Waals surface area contributed by atoms with Crippen LogP contribution in [-0.4, -0.2) is 31.9 Å². The molecular formula is C16H22Cl2N2O3. The van der Waals surface area contributed by atoms with E-state index in [0.29, 0.717) is 23.2 Å². The average Bonchev–Trinajstić information content (AvgIpc) is 2.73. The van der Waals surface area contributed by atoms with Gasteiger partial charge in [-0.3, -0.25) is 0 Å². The van der Waals surface area contributed by atoms with Crippen molar-refractivity contribution in [1.29, 1.82) is 0 Å². The maximum absolute atomic E-state index is 11.3. The minimum Gasteiger partial charge on any atom is -0.446 e. The molecule has 3 N–H and O–H groups in total. The molecule has 0 spiro atoms. The Hall–Kier alpha value is -1.01. The van der Waals surface area contributed by atoms with Gasteiger partial charge in [0.25, 0.3) is 0 Å². The Bertz CT molecular complexity index is 554. The lowest BCUT2D eigenvalue weighted by molar-refractivity contribution is -0.0417. The number of rotatable bonds is 4. The van der Waals surface area contributed by atoms with Crippen LogP contribution in [-0.2, 0) is 9.47 Å². The molecule has 0 radical (unpaired) electrons. The van der Waals surface area contributed by atoms with E-state index in [4.69, 9.17) is 38.4 Å². The largest absolute Gasteiger partial charge is 0.446 e. The second-order valence-electron chi connectivity index (χ2n) is 5.98. The number of nitrogens with one attached hydrogen (secondary N) is 1. The highest BCUT2D eigenvalue weighted by molar-refractivity contribution is 6.42. The van der Waals surface area contributed by atoms with E-state index >= 15 is 0 Å². The van der Waals surface area contributed by atoms with Gasteiger partial charge in [0.15, 0.2) is 0 Å². The van der Waals surface area contributed by atoms with Gasteiger partial charge >= 0.3 is 6.09 Å². The molecule has 1 fully saturated rings. The molecule has 1 saturated heterocycles. The van der Waals surface area contributed by atoms with E-state index in [0.717, 1.165) is 12.1 Å². The van der Waals surface area contributed by atoms with Gasteiger partial charge in [-0.2, -0.15) is 0 Å². The van der Waals surface area contributed by atoms with Crippen LogP contribution in [0.5, 0.6) is 0 Å². The molecule has 23 heavy (non-hydrogen) atoms. The van der Waals surface area contributed by atoms with Crippen LogP contribution in [0.25, 0.3) is 0 Å². The fourth-order valence-corrected chi connectivity index (χ4v) is 3.24. The predicted octanol–water partition coefficient (Wildman–Crippen LogP) is 3.39. The van der Waals surface area contributed by atoms with Crippen LogP contribution in [0.1, 0.15) is 25.5 Å². The second kappa shape index (κ2) is 8.20. The lowest BCUT2D eigenvalue weighted by Gasteiger charge is -2.33. The van der Waals surface area contributed by atoms with Gasteiger partial charge in [0.1, 0.15) is 6.10 Å². The summed E-state index contributed by atoms with van der Waals surface area (Å²) in [6, 6.07) is 5.44. The Labute approximate surface area is 146 Å². The summed E-state index contributed by atoms with van der Waals surface area (Å²) in [5.74, 6) is 0.0171. The van der Waals surface area contributed by atoms with Crippen molar-refractivity contribution in [2.75, 3.05) is 19.7 Å². The van der Waals surface area contributed by atoms with E-state index < -0.39 is 6.09 Å². The summed E-state index contributed by atoms with van der Waals surface area (Å²) in [5.41, 5.74) is 6.15. The van der Waals surface area contributed by atoms with Crippen LogP contribution in [0.15, 0.2) is 18.2 Å². The van der Waals surface area contributed by atoms with Crippen LogP contribution in [0.4, 0.5) is 4.79 Å². The van der Waals surface area contributed by atoms with Gasteiger partial charge in [0.2, 0.25) is 0 Å². The van der Waals surface area contributed by atoms with Crippen molar-refractivity contribution in [3.05, 3.63) is 33.8 Å². The molecule has 1 aliphatic rings. The van der Waals surface area contributed by atoms with Gasteiger partial charge in [-0.1, -0.05) is 43.1 Å².